The first-order valence-electron chi connectivity index (χ1n) is 5.14. The van der Waals surface area contributed by atoms with Crippen molar-refractivity contribution in [1.82, 2.24) is 9.97 Å². The third-order valence-corrected chi connectivity index (χ3v) is 2.05. The van der Waals surface area contributed by atoms with Crippen molar-refractivity contribution >= 4 is 11.8 Å². The smallest absolute Gasteiger partial charge is 0.376 e. The number of carbonyl (C=O) groups is 1. The van der Waals surface area contributed by atoms with Gasteiger partial charge in [-0.3, -0.25) is 0 Å². The molecule has 0 fully saturated rings. The number of nitrogens with zero attached hydrogens (tertiary/aromatic N) is 2. The largest absolute Gasteiger partial charge is 0.463 e. The molecule has 0 unspecified atom stereocenters. The summed E-state index contributed by atoms with van der Waals surface area (Å²) in [5, 5.41) is 2.41. The molecule has 0 radical (unpaired) electrons. The SMILES string of the molecule is COC(=O)c1nc(C)cc(NCC(F)(F)CN)n1. The highest BCUT2D eigenvalue weighted by Gasteiger charge is 2.26. The third-order valence-electron chi connectivity index (χ3n) is 2.05. The van der Waals surface area contributed by atoms with Crippen LogP contribution in [0.5, 0.6) is 0 Å². The number of aromatic nitrogens is 2. The van der Waals surface area contributed by atoms with Crippen LogP contribution in [0.15, 0.2) is 6.07 Å². The van der Waals surface area contributed by atoms with Gasteiger partial charge < -0.3 is 15.8 Å². The maximum Gasteiger partial charge on any atom is 0.376 e. The molecule has 0 aliphatic heterocycles. The van der Waals surface area contributed by atoms with Gasteiger partial charge in [0.2, 0.25) is 5.82 Å². The summed E-state index contributed by atoms with van der Waals surface area (Å²) in [7, 11) is 1.18. The highest BCUT2D eigenvalue weighted by Crippen LogP contribution is 2.13. The summed E-state index contributed by atoms with van der Waals surface area (Å²) < 4.78 is 30.3. The van der Waals surface area contributed by atoms with Crippen molar-refractivity contribution in [2.45, 2.75) is 12.8 Å². The number of methoxy groups -OCH3 is 1. The Kier molecular flexibility index (Phi) is 4.49. The normalized spacial score (nSPS) is 11.2. The summed E-state index contributed by atoms with van der Waals surface area (Å²) in [5.41, 5.74) is 5.37. The Labute approximate surface area is 103 Å². The van der Waals surface area contributed by atoms with E-state index in [1.807, 2.05) is 0 Å². The molecule has 100 valence electrons. The molecule has 0 spiro atoms. The van der Waals surface area contributed by atoms with Crippen molar-refractivity contribution in [3.05, 3.63) is 17.6 Å². The molecule has 1 aromatic heterocycles. The zero-order valence-electron chi connectivity index (χ0n) is 10.0. The van der Waals surface area contributed by atoms with Crippen LogP contribution in [0.2, 0.25) is 0 Å². The van der Waals surface area contributed by atoms with E-state index in [9.17, 15) is 13.6 Å². The molecule has 0 aliphatic carbocycles. The number of anilines is 1. The minimum absolute atomic E-state index is 0.121. The van der Waals surface area contributed by atoms with Crippen LogP contribution >= 0.6 is 0 Å². The molecule has 0 bridgehead atoms. The van der Waals surface area contributed by atoms with Crippen LogP contribution < -0.4 is 11.1 Å². The van der Waals surface area contributed by atoms with Gasteiger partial charge in [-0.15, -0.1) is 0 Å². The molecule has 18 heavy (non-hydrogen) atoms. The minimum atomic E-state index is -3.04. The predicted octanol–water partition coefficient (Wildman–Crippen LogP) is 0.578. The quantitative estimate of drug-likeness (QED) is 0.752. The Morgan fingerprint density at radius 3 is 2.78 bits per heavy atom. The van der Waals surface area contributed by atoms with Gasteiger partial charge in [0.15, 0.2) is 0 Å². The fourth-order valence-electron chi connectivity index (χ4n) is 1.13. The zero-order chi connectivity index (χ0) is 13.8. The number of esters is 1. The van der Waals surface area contributed by atoms with Gasteiger partial charge in [-0.05, 0) is 6.92 Å². The number of nitrogens with one attached hydrogen (secondary N) is 1. The van der Waals surface area contributed by atoms with E-state index in [2.05, 4.69) is 20.0 Å². The van der Waals surface area contributed by atoms with E-state index in [-0.39, 0.29) is 11.6 Å². The van der Waals surface area contributed by atoms with Crippen LogP contribution in [0.25, 0.3) is 0 Å². The van der Waals surface area contributed by atoms with Crippen molar-refractivity contribution in [2.75, 3.05) is 25.5 Å². The summed E-state index contributed by atoms with van der Waals surface area (Å²) in [6.07, 6.45) is 0. The lowest BCUT2D eigenvalue weighted by Crippen LogP contribution is -2.35. The standard InChI is InChI=1S/C10H14F2N4O2/c1-6-3-7(14-5-10(11,12)4-13)16-8(15-6)9(17)18-2/h3H,4-5,13H2,1-2H3,(H,14,15,16). The molecule has 0 saturated carbocycles. The second-order valence-electron chi connectivity index (χ2n) is 3.62. The number of alkyl halides is 2. The Bertz CT molecular complexity index is 440. The maximum atomic E-state index is 12.9. The molecular weight excluding hydrogens is 246 g/mol. The van der Waals surface area contributed by atoms with Crippen LogP contribution in [0, 0.1) is 6.92 Å². The minimum Gasteiger partial charge on any atom is -0.463 e. The first-order valence-corrected chi connectivity index (χ1v) is 5.14. The van der Waals surface area contributed by atoms with Gasteiger partial charge in [0.1, 0.15) is 5.82 Å². The van der Waals surface area contributed by atoms with Gasteiger partial charge in [-0.1, -0.05) is 0 Å². The van der Waals surface area contributed by atoms with Crippen molar-refractivity contribution in [3.63, 3.8) is 0 Å². The van der Waals surface area contributed by atoms with E-state index in [1.54, 1.807) is 6.92 Å². The number of ether oxygens (including phenoxy) is 1. The average Bonchev–Trinajstić information content (AvgIpc) is 2.35. The monoisotopic (exact) mass is 260 g/mol. The first kappa shape index (κ1) is 14.2. The van der Waals surface area contributed by atoms with E-state index in [4.69, 9.17) is 5.73 Å². The Morgan fingerprint density at radius 1 is 1.56 bits per heavy atom. The first-order chi connectivity index (χ1) is 8.38. The van der Waals surface area contributed by atoms with Crippen LogP contribution in [0.1, 0.15) is 16.3 Å². The van der Waals surface area contributed by atoms with Crippen molar-refractivity contribution in [3.8, 4) is 0 Å². The zero-order valence-corrected chi connectivity index (χ0v) is 10.0. The maximum absolute atomic E-state index is 12.9. The molecule has 8 heteroatoms. The fraction of sp³-hybridized carbons (Fsp3) is 0.500. The molecule has 0 aromatic carbocycles. The van der Waals surface area contributed by atoms with E-state index in [0.29, 0.717) is 5.69 Å². The molecule has 1 aromatic rings. The number of rotatable bonds is 5. The van der Waals surface area contributed by atoms with Crippen LogP contribution in [0.4, 0.5) is 14.6 Å². The molecule has 0 saturated heterocycles. The summed E-state index contributed by atoms with van der Waals surface area (Å²) in [6.45, 7) is 0.175. The summed E-state index contributed by atoms with van der Waals surface area (Å²) in [6, 6.07) is 1.44. The molecule has 3 N–H and O–H groups in total. The van der Waals surface area contributed by atoms with Gasteiger partial charge in [0, 0.05) is 11.8 Å². The van der Waals surface area contributed by atoms with E-state index in [1.165, 1.54) is 13.2 Å². The molecule has 0 aliphatic rings. The number of nitrogens with two attached hydrogens (primary N) is 1. The van der Waals surface area contributed by atoms with Crippen molar-refractivity contribution < 1.29 is 18.3 Å². The van der Waals surface area contributed by atoms with Crippen LogP contribution in [-0.4, -0.2) is 42.1 Å². The van der Waals surface area contributed by atoms with Gasteiger partial charge in [0.05, 0.1) is 20.2 Å². The Balaban J connectivity index is 2.84. The topological polar surface area (TPSA) is 90.1 Å². The van der Waals surface area contributed by atoms with E-state index in [0.717, 1.165) is 0 Å². The van der Waals surface area contributed by atoms with Gasteiger partial charge in [0.25, 0.3) is 5.92 Å². The number of carbonyl (C=O) groups excluding carboxylic acids is 1. The summed E-state index contributed by atoms with van der Waals surface area (Å²) >= 11 is 0. The highest BCUT2D eigenvalue weighted by molar-refractivity contribution is 5.85. The molecule has 1 heterocycles. The number of hydrogen-bond acceptors (Lipinski definition) is 6. The lowest BCUT2D eigenvalue weighted by atomic mass is 10.3. The molecule has 0 amide bonds. The highest BCUT2D eigenvalue weighted by atomic mass is 19.3. The number of hydrogen-bond donors (Lipinski definition) is 2. The fourth-order valence-corrected chi connectivity index (χ4v) is 1.13. The predicted molar refractivity (Wildman–Crippen MR) is 60.6 cm³/mol. The van der Waals surface area contributed by atoms with Gasteiger partial charge >= 0.3 is 5.97 Å². The Hall–Kier alpha value is -1.83. The summed E-state index contributed by atoms with van der Waals surface area (Å²) in [4.78, 5) is 18.8. The van der Waals surface area contributed by atoms with E-state index >= 15 is 0 Å². The second kappa shape index (κ2) is 5.67. The lowest BCUT2D eigenvalue weighted by Gasteiger charge is -2.15. The van der Waals surface area contributed by atoms with Gasteiger partial charge in [-0.25, -0.2) is 23.5 Å². The van der Waals surface area contributed by atoms with E-state index < -0.39 is 25.0 Å². The van der Waals surface area contributed by atoms with Crippen LogP contribution in [-0.2, 0) is 4.74 Å². The van der Waals surface area contributed by atoms with Gasteiger partial charge in [-0.2, -0.15) is 0 Å². The molecule has 6 nitrogen and oxygen atoms in total. The Morgan fingerprint density at radius 2 is 2.22 bits per heavy atom. The van der Waals surface area contributed by atoms with Crippen molar-refractivity contribution in [2.24, 2.45) is 5.73 Å². The number of halogens is 2. The molecule has 0 atom stereocenters. The molecule has 1 rings (SSSR count). The molecular formula is C10H14F2N4O2. The summed E-state index contributed by atoms with van der Waals surface area (Å²) in [5.74, 6) is -3.83. The van der Waals surface area contributed by atoms with Crippen molar-refractivity contribution in [1.29, 1.82) is 0 Å². The average molecular weight is 260 g/mol. The number of aryl methyl sites for hydroxylation is 1. The van der Waals surface area contributed by atoms with Crippen LogP contribution in [0.3, 0.4) is 0 Å². The third kappa shape index (κ3) is 3.88. The lowest BCUT2D eigenvalue weighted by molar-refractivity contribution is 0.0253. The second-order valence-corrected chi connectivity index (χ2v) is 3.62.